The molecule has 4 N–H and O–H groups in total. The van der Waals surface area contributed by atoms with E-state index in [0.717, 1.165) is 25.7 Å². The average molecular weight is 243 g/mol. The van der Waals surface area contributed by atoms with Gasteiger partial charge in [-0.2, -0.15) is 4.98 Å². The van der Waals surface area contributed by atoms with Crippen LogP contribution in [0.5, 0.6) is 0 Å². The molecule has 0 atom stereocenters. The Hall–Kier alpha value is -1.07. The molecule has 1 heterocycles. The first-order valence-corrected chi connectivity index (χ1v) is 5.71. The van der Waals surface area contributed by atoms with Crippen LogP contribution < -0.4 is 11.1 Å². The first-order chi connectivity index (χ1) is 7.59. The zero-order valence-corrected chi connectivity index (χ0v) is 9.67. The standard InChI is InChI=1S/C10H15ClN4O/c11-7-5-13-9(12)15-8(7)14-6-10(16)3-1-2-4-10/h5,16H,1-4,6H2,(H3,12,13,14,15). The van der Waals surface area contributed by atoms with E-state index in [1.807, 2.05) is 0 Å². The number of halogens is 1. The number of nitrogen functional groups attached to an aromatic ring is 1. The van der Waals surface area contributed by atoms with Crippen LogP contribution in [0, 0.1) is 0 Å². The van der Waals surface area contributed by atoms with E-state index in [1.165, 1.54) is 6.20 Å². The lowest BCUT2D eigenvalue weighted by Crippen LogP contribution is -2.33. The lowest BCUT2D eigenvalue weighted by Gasteiger charge is -2.22. The van der Waals surface area contributed by atoms with Crippen molar-refractivity contribution in [3.8, 4) is 0 Å². The summed E-state index contributed by atoms with van der Waals surface area (Å²) in [7, 11) is 0. The average Bonchev–Trinajstić information content (AvgIpc) is 2.67. The predicted molar refractivity (Wildman–Crippen MR) is 63.4 cm³/mol. The molecule has 1 saturated carbocycles. The van der Waals surface area contributed by atoms with Gasteiger partial charge in [-0.3, -0.25) is 0 Å². The van der Waals surface area contributed by atoms with Crippen molar-refractivity contribution in [1.82, 2.24) is 9.97 Å². The van der Waals surface area contributed by atoms with Crippen molar-refractivity contribution < 1.29 is 5.11 Å². The molecule has 1 aromatic rings. The van der Waals surface area contributed by atoms with E-state index in [2.05, 4.69) is 15.3 Å². The first-order valence-electron chi connectivity index (χ1n) is 5.33. The van der Waals surface area contributed by atoms with Crippen LogP contribution in [0.2, 0.25) is 5.02 Å². The van der Waals surface area contributed by atoms with E-state index in [1.54, 1.807) is 0 Å². The molecule has 88 valence electrons. The van der Waals surface area contributed by atoms with E-state index >= 15 is 0 Å². The highest BCUT2D eigenvalue weighted by atomic mass is 35.5. The van der Waals surface area contributed by atoms with Crippen LogP contribution in [0.3, 0.4) is 0 Å². The molecule has 0 aliphatic heterocycles. The van der Waals surface area contributed by atoms with Crippen LogP contribution in [-0.2, 0) is 0 Å². The molecule has 1 aromatic heterocycles. The molecule has 1 aliphatic rings. The second kappa shape index (κ2) is 4.43. The number of aliphatic hydroxyl groups is 1. The van der Waals surface area contributed by atoms with Crippen molar-refractivity contribution in [2.75, 3.05) is 17.6 Å². The molecule has 6 heteroatoms. The van der Waals surface area contributed by atoms with Gasteiger partial charge in [-0.1, -0.05) is 24.4 Å². The van der Waals surface area contributed by atoms with E-state index in [9.17, 15) is 5.11 Å². The van der Waals surface area contributed by atoms with Crippen LogP contribution in [0.1, 0.15) is 25.7 Å². The minimum atomic E-state index is -0.636. The van der Waals surface area contributed by atoms with Gasteiger partial charge in [0, 0.05) is 6.54 Å². The van der Waals surface area contributed by atoms with Crippen LogP contribution in [-0.4, -0.2) is 27.2 Å². The molecule has 2 rings (SSSR count). The lowest BCUT2D eigenvalue weighted by atomic mass is 10.0. The fourth-order valence-corrected chi connectivity index (χ4v) is 2.12. The van der Waals surface area contributed by atoms with Gasteiger partial charge >= 0.3 is 0 Å². The molecule has 0 unspecified atom stereocenters. The van der Waals surface area contributed by atoms with Gasteiger partial charge in [0.15, 0.2) is 5.82 Å². The van der Waals surface area contributed by atoms with Gasteiger partial charge in [0.1, 0.15) is 5.02 Å². The Morgan fingerprint density at radius 1 is 1.50 bits per heavy atom. The summed E-state index contributed by atoms with van der Waals surface area (Å²) >= 11 is 5.90. The van der Waals surface area contributed by atoms with Crippen LogP contribution >= 0.6 is 11.6 Å². The summed E-state index contributed by atoms with van der Waals surface area (Å²) in [6.07, 6.45) is 5.22. The number of nitrogens with zero attached hydrogens (tertiary/aromatic N) is 2. The second-order valence-electron chi connectivity index (χ2n) is 4.21. The van der Waals surface area contributed by atoms with Gasteiger partial charge in [0.05, 0.1) is 11.8 Å². The fraction of sp³-hybridized carbons (Fsp3) is 0.600. The Morgan fingerprint density at radius 2 is 2.19 bits per heavy atom. The molecule has 0 spiro atoms. The Morgan fingerprint density at radius 3 is 2.88 bits per heavy atom. The van der Waals surface area contributed by atoms with Crippen molar-refractivity contribution in [3.63, 3.8) is 0 Å². The molecule has 16 heavy (non-hydrogen) atoms. The fourth-order valence-electron chi connectivity index (χ4n) is 1.96. The monoisotopic (exact) mass is 242 g/mol. The molecule has 0 amide bonds. The largest absolute Gasteiger partial charge is 0.388 e. The van der Waals surface area contributed by atoms with Crippen molar-refractivity contribution in [2.45, 2.75) is 31.3 Å². The number of anilines is 2. The van der Waals surface area contributed by atoms with Crippen molar-refractivity contribution in [1.29, 1.82) is 0 Å². The molecule has 0 saturated heterocycles. The number of aromatic nitrogens is 2. The Balaban J connectivity index is 2.01. The minimum Gasteiger partial charge on any atom is -0.388 e. The van der Waals surface area contributed by atoms with Crippen LogP contribution in [0.4, 0.5) is 11.8 Å². The molecular formula is C10H15ClN4O. The van der Waals surface area contributed by atoms with E-state index < -0.39 is 5.60 Å². The second-order valence-corrected chi connectivity index (χ2v) is 4.62. The normalized spacial score (nSPS) is 18.6. The number of hydrogen-bond donors (Lipinski definition) is 3. The molecule has 0 radical (unpaired) electrons. The molecule has 5 nitrogen and oxygen atoms in total. The lowest BCUT2D eigenvalue weighted by molar-refractivity contribution is 0.0614. The summed E-state index contributed by atoms with van der Waals surface area (Å²) < 4.78 is 0. The van der Waals surface area contributed by atoms with Crippen molar-refractivity contribution in [2.24, 2.45) is 0 Å². The predicted octanol–water partition coefficient (Wildman–Crippen LogP) is 1.43. The van der Waals surface area contributed by atoms with Gasteiger partial charge in [-0.15, -0.1) is 0 Å². The molecule has 1 aliphatic carbocycles. The van der Waals surface area contributed by atoms with Gasteiger partial charge in [-0.05, 0) is 12.8 Å². The highest BCUT2D eigenvalue weighted by Gasteiger charge is 2.30. The molecule has 0 aromatic carbocycles. The smallest absolute Gasteiger partial charge is 0.222 e. The summed E-state index contributed by atoms with van der Waals surface area (Å²) in [6.45, 7) is 0.448. The van der Waals surface area contributed by atoms with Crippen molar-refractivity contribution in [3.05, 3.63) is 11.2 Å². The third kappa shape index (κ3) is 2.54. The number of rotatable bonds is 3. The summed E-state index contributed by atoms with van der Waals surface area (Å²) in [4.78, 5) is 7.75. The zero-order valence-electron chi connectivity index (χ0n) is 8.91. The SMILES string of the molecule is Nc1ncc(Cl)c(NCC2(O)CCCC2)n1. The maximum atomic E-state index is 10.1. The van der Waals surface area contributed by atoms with Gasteiger partial charge in [0.2, 0.25) is 5.95 Å². The maximum absolute atomic E-state index is 10.1. The minimum absolute atomic E-state index is 0.172. The van der Waals surface area contributed by atoms with Gasteiger partial charge in [0.25, 0.3) is 0 Å². The molecular weight excluding hydrogens is 228 g/mol. The summed E-state index contributed by atoms with van der Waals surface area (Å²) in [5.74, 6) is 0.653. The van der Waals surface area contributed by atoms with Gasteiger partial charge in [-0.25, -0.2) is 4.98 Å². The number of nitrogens with two attached hydrogens (primary N) is 1. The van der Waals surface area contributed by atoms with Crippen molar-refractivity contribution >= 4 is 23.4 Å². The summed E-state index contributed by atoms with van der Waals surface area (Å²) in [5.41, 5.74) is 4.82. The third-order valence-electron chi connectivity index (χ3n) is 2.88. The molecule has 1 fully saturated rings. The highest BCUT2D eigenvalue weighted by molar-refractivity contribution is 6.32. The number of nitrogens with one attached hydrogen (secondary N) is 1. The summed E-state index contributed by atoms with van der Waals surface area (Å²) in [5, 5.41) is 13.6. The Bertz CT molecular complexity index is 379. The quantitative estimate of drug-likeness (QED) is 0.747. The van der Waals surface area contributed by atoms with E-state index in [4.69, 9.17) is 17.3 Å². The topological polar surface area (TPSA) is 84.1 Å². The highest BCUT2D eigenvalue weighted by Crippen LogP contribution is 2.30. The Kier molecular flexibility index (Phi) is 3.16. The summed E-state index contributed by atoms with van der Waals surface area (Å²) in [6, 6.07) is 0. The Labute approximate surface area is 99.0 Å². The molecule has 0 bridgehead atoms. The van der Waals surface area contributed by atoms with Crippen LogP contribution in [0.25, 0.3) is 0 Å². The third-order valence-corrected chi connectivity index (χ3v) is 3.16. The number of hydrogen-bond acceptors (Lipinski definition) is 5. The van der Waals surface area contributed by atoms with Gasteiger partial charge < -0.3 is 16.2 Å². The van der Waals surface area contributed by atoms with E-state index in [-0.39, 0.29) is 5.95 Å². The van der Waals surface area contributed by atoms with Crippen LogP contribution in [0.15, 0.2) is 6.20 Å². The van der Waals surface area contributed by atoms with E-state index in [0.29, 0.717) is 17.4 Å². The zero-order chi connectivity index (χ0) is 11.6. The maximum Gasteiger partial charge on any atom is 0.222 e. The first kappa shape index (κ1) is 11.4.